The normalized spacial score (nSPS) is 20.3. The topological polar surface area (TPSA) is 81.7 Å². The summed E-state index contributed by atoms with van der Waals surface area (Å²) < 4.78 is 54.5. The van der Waals surface area contributed by atoms with Gasteiger partial charge in [-0.1, -0.05) is 20.8 Å². The number of carbonyl (C=O) groups is 1. The van der Waals surface area contributed by atoms with Crippen LogP contribution in [0.15, 0.2) is 18.2 Å². The molecule has 1 spiro atoms. The molecule has 1 amide bonds. The fourth-order valence-corrected chi connectivity index (χ4v) is 4.39. The fourth-order valence-electron chi connectivity index (χ4n) is 4.39. The van der Waals surface area contributed by atoms with E-state index in [4.69, 9.17) is 14.2 Å². The number of hydrogen-bond donors (Lipinski definition) is 2. The summed E-state index contributed by atoms with van der Waals surface area (Å²) in [6.45, 7) is 8.35. The summed E-state index contributed by atoms with van der Waals surface area (Å²) >= 11 is 0. The maximum absolute atomic E-state index is 12.9. The lowest BCUT2D eigenvalue weighted by Crippen LogP contribution is -2.37. The van der Waals surface area contributed by atoms with E-state index in [1.54, 1.807) is 25.1 Å². The molecule has 1 aromatic carbocycles. The summed E-state index contributed by atoms with van der Waals surface area (Å²) in [7, 11) is 0. The van der Waals surface area contributed by atoms with Crippen molar-refractivity contribution >= 4 is 16.8 Å². The van der Waals surface area contributed by atoms with Crippen molar-refractivity contribution in [3.8, 4) is 5.75 Å². The highest BCUT2D eigenvalue weighted by Crippen LogP contribution is 2.35. The number of alkyl halides is 3. The van der Waals surface area contributed by atoms with Gasteiger partial charge in [0.25, 0.3) is 5.91 Å². The second-order valence-corrected chi connectivity index (χ2v) is 9.94. The van der Waals surface area contributed by atoms with Crippen LogP contribution in [-0.4, -0.2) is 61.8 Å². The number of nitrogens with zero attached hydrogens (tertiary/aromatic N) is 1. The second-order valence-electron chi connectivity index (χ2n) is 9.94. The minimum atomic E-state index is -4.43. The van der Waals surface area contributed by atoms with Crippen LogP contribution in [0, 0.1) is 6.92 Å². The molecule has 10 heteroatoms. The van der Waals surface area contributed by atoms with Gasteiger partial charge in [-0.25, -0.2) is 4.98 Å². The quantitative estimate of drug-likeness (QED) is 0.679. The van der Waals surface area contributed by atoms with Gasteiger partial charge in [0.2, 0.25) is 0 Å². The van der Waals surface area contributed by atoms with Crippen LogP contribution in [0.25, 0.3) is 10.9 Å². The number of nitrogens with one attached hydrogen (secondary N) is 2. The second kappa shape index (κ2) is 8.98. The zero-order chi connectivity index (χ0) is 24.7. The number of amides is 1. The van der Waals surface area contributed by atoms with E-state index >= 15 is 0 Å². The highest BCUT2D eigenvalue weighted by molar-refractivity contribution is 5.97. The van der Waals surface area contributed by atoms with Crippen LogP contribution in [0.3, 0.4) is 0 Å². The van der Waals surface area contributed by atoms with Crippen molar-refractivity contribution < 1.29 is 32.2 Å². The number of pyridine rings is 1. The lowest BCUT2D eigenvalue weighted by Gasteiger charge is -2.23. The molecule has 2 aliphatic rings. The molecular formula is C24H30F3N3O4. The minimum Gasteiger partial charge on any atom is -0.484 e. The van der Waals surface area contributed by atoms with Crippen LogP contribution in [0.4, 0.5) is 13.2 Å². The molecule has 2 fully saturated rings. The number of rotatable bonds is 5. The van der Waals surface area contributed by atoms with Crippen molar-refractivity contribution in [3.05, 3.63) is 35.0 Å². The summed E-state index contributed by atoms with van der Waals surface area (Å²) in [5.74, 6) is -0.798. The van der Waals surface area contributed by atoms with E-state index in [2.05, 4.69) is 15.6 Å². The summed E-state index contributed by atoms with van der Waals surface area (Å²) in [6, 6.07) is 4.78. The first kappa shape index (κ1) is 24.7. The molecule has 2 aliphatic heterocycles. The molecule has 1 atom stereocenters. The van der Waals surface area contributed by atoms with Crippen LogP contribution < -0.4 is 15.4 Å². The Kier molecular flexibility index (Phi) is 6.52. The Bertz CT molecular complexity index is 1080. The SMILES string of the molecule is Cc1cc(C(=O)NC[C@@H]2CC3(CN2)OCCO3)nc2c(C(C)(C)C)cc(OCC(F)(F)F)cc12. The number of fused-ring (bicyclic) bond motifs is 1. The monoisotopic (exact) mass is 481 g/mol. The van der Waals surface area contributed by atoms with Gasteiger partial charge in [-0.3, -0.25) is 4.79 Å². The van der Waals surface area contributed by atoms with Crippen LogP contribution in [0.2, 0.25) is 0 Å². The number of halogens is 3. The molecule has 2 N–H and O–H groups in total. The van der Waals surface area contributed by atoms with E-state index in [9.17, 15) is 18.0 Å². The Balaban J connectivity index is 1.56. The minimum absolute atomic E-state index is 0.0158. The van der Waals surface area contributed by atoms with E-state index in [0.717, 1.165) is 5.56 Å². The predicted octanol–water partition coefficient (Wildman–Crippen LogP) is 3.62. The molecule has 0 unspecified atom stereocenters. The number of aromatic nitrogens is 1. The molecule has 0 aliphatic carbocycles. The molecule has 0 bridgehead atoms. The standard InChI is InChI=1S/C24H30F3N3O4/c1-14-7-19(21(31)28-11-15-10-23(12-29-15)33-5-6-34-23)30-20-17(14)8-16(32-13-24(25,26)27)9-18(20)22(2,3)4/h7-9,15,29H,5-6,10-13H2,1-4H3,(H,28,31)/t15-/m0/s1. The summed E-state index contributed by atoms with van der Waals surface area (Å²) in [4.78, 5) is 17.5. The Morgan fingerprint density at radius 2 is 1.94 bits per heavy atom. The van der Waals surface area contributed by atoms with Crippen LogP contribution in [0.1, 0.15) is 48.8 Å². The Labute approximate surface area is 196 Å². The molecule has 2 aromatic rings. The lowest BCUT2D eigenvalue weighted by molar-refractivity contribution is -0.153. The third-order valence-corrected chi connectivity index (χ3v) is 6.08. The largest absolute Gasteiger partial charge is 0.484 e. The number of hydrogen-bond acceptors (Lipinski definition) is 6. The van der Waals surface area contributed by atoms with Crippen molar-refractivity contribution in [2.45, 2.75) is 57.5 Å². The molecule has 0 radical (unpaired) electrons. The molecule has 2 saturated heterocycles. The van der Waals surface area contributed by atoms with E-state index in [-0.39, 0.29) is 23.4 Å². The summed E-state index contributed by atoms with van der Waals surface area (Å²) in [5, 5.41) is 6.89. The molecular weight excluding hydrogens is 451 g/mol. The number of benzene rings is 1. The zero-order valence-electron chi connectivity index (χ0n) is 19.8. The zero-order valence-corrected chi connectivity index (χ0v) is 19.8. The van der Waals surface area contributed by atoms with Gasteiger partial charge < -0.3 is 24.8 Å². The van der Waals surface area contributed by atoms with Crippen molar-refractivity contribution in [2.24, 2.45) is 0 Å². The average molecular weight is 482 g/mol. The highest BCUT2D eigenvalue weighted by atomic mass is 19.4. The maximum Gasteiger partial charge on any atom is 0.422 e. The van der Waals surface area contributed by atoms with Crippen molar-refractivity contribution in [1.82, 2.24) is 15.6 Å². The van der Waals surface area contributed by atoms with Gasteiger partial charge in [0.15, 0.2) is 12.4 Å². The lowest BCUT2D eigenvalue weighted by atomic mass is 9.84. The van der Waals surface area contributed by atoms with Gasteiger partial charge in [-0.05, 0) is 41.7 Å². The number of carbonyl (C=O) groups excluding carboxylic acids is 1. The molecule has 34 heavy (non-hydrogen) atoms. The van der Waals surface area contributed by atoms with Gasteiger partial charge in [0.05, 0.1) is 25.3 Å². The maximum atomic E-state index is 12.9. The van der Waals surface area contributed by atoms with E-state index in [1.165, 1.54) is 0 Å². The van der Waals surface area contributed by atoms with E-state index < -0.39 is 24.0 Å². The third kappa shape index (κ3) is 5.45. The first-order valence-electron chi connectivity index (χ1n) is 11.3. The van der Waals surface area contributed by atoms with Gasteiger partial charge in [-0.2, -0.15) is 13.2 Å². The van der Waals surface area contributed by atoms with Crippen molar-refractivity contribution in [3.63, 3.8) is 0 Å². The smallest absolute Gasteiger partial charge is 0.422 e. The molecule has 0 saturated carbocycles. The van der Waals surface area contributed by atoms with Gasteiger partial charge in [0.1, 0.15) is 11.4 Å². The molecule has 1 aromatic heterocycles. The average Bonchev–Trinajstić information content (AvgIpc) is 3.38. The first-order chi connectivity index (χ1) is 15.9. The Morgan fingerprint density at radius 1 is 1.24 bits per heavy atom. The third-order valence-electron chi connectivity index (χ3n) is 6.08. The molecule has 3 heterocycles. The summed E-state index contributed by atoms with van der Waals surface area (Å²) in [5.41, 5.74) is 1.82. The Morgan fingerprint density at radius 3 is 2.59 bits per heavy atom. The van der Waals surface area contributed by atoms with Gasteiger partial charge in [-0.15, -0.1) is 0 Å². The predicted molar refractivity (Wildman–Crippen MR) is 120 cm³/mol. The van der Waals surface area contributed by atoms with Crippen molar-refractivity contribution in [1.29, 1.82) is 0 Å². The molecule has 4 rings (SSSR count). The highest BCUT2D eigenvalue weighted by Gasteiger charge is 2.44. The molecule has 186 valence electrons. The Hall–Kier alpha value is -2.43. The van der Waals surface area contributed by atoms with Crippen LogP contribution in [-0.2, 0) is 14.9 Å². The number of aryl methyl sites for hydroxylation is 1. The molecule has 7 nitrogen and oxygen atoms in total. The van der Waals surface area contributed by atoms with E-state index in [1.807, 2.05) is 20.8 Å². The van der Waals surface area contributed by atoms with Crippen molar-refractivity contribution in [2.75, 3.05) is 32.9 Å². The van der Waals surface area contributed by atoms with Crippen LogP contribution in [0.5, 0.6) is 5.75 Å². The van der Waals surface area contributed by atoms with Crippen LogP contribution >= 0.6 is 0 Å². The summed E-state index contributed by atoms with van der Waals surface area (Å²) in [6.07, 6.45) is -3.79. The van der Waals surface area contributed by atoms with Gasteiger partial charge in [0, 0.05) is 24.4 Å². The fraction of sp³-hybridized carbons (Fsp3) is 0.583. The van der Waals surface area contributed by atoms with Gasteiger partial charge >= 0.3 is 6.18 Å². The number of ether oxygens (including phenoxy) is 3. The first-order valence-corrected chi connectivity index (χ1v) is 11.3. The van der Waals surface area contributed by atoms with E-state index in [0.29, 0.717) is 49.2 Å².